The van der Waals surface area contributed by atoms with Crippen molar-refractivity contribution in [1.29, 1.82) is 0 Å². The number of nitrogens with zero attached hydrogens (tertiary/aromatic N) is 1. The molecule has 0 fully saturated rings. The van der Waals surface area contributed by atoms with E-state index in [9.17, 15) is 4.79 Å². The molecule has 5 heteroatoms. The van der Waals surface area contributed by atoms with Gasteiger partial charge in [0, 0.05) is 10.6 Å². The van der Waals surface area contributed by atoms with Gasteiger partial charge in [0.15, 0.2) is 0 Å². The molecule has 0 bridgehead atoms. The van der Waals surface area contributed by atoms with Gasteiger partial charge in [-0.25, -0.2) is 5.43 Å². The van der Waals surface area contributed by atoms with E-state index in [0.29, 0.717) is 16.3 Å². The van der Waals surface area contributed by atoms with Gasteiger partial charge in [0.1, 0.15) is 11.5 Å². The van der Waals surface area contributed by atoms with Crippen LogP contribution in [-0.4, -0.2) is 12.1 Å². The van der Waals surface area contributed by atoms with Crippen LogP contribution in [0.1, 0.15) is 21.9 Å². The number of benzene rings is 1. The van der Waals surface area contributed by atoms with E-state index in [-0.39, 0.29) is 5.91 Å². The van der Waals surface area contributed by atoms with E-state index in [4.69, 9.17) is 16.0 Å². The third-order valence-corrected chi connectivity index (χ3v) is 2.48. The Hall–Kier alpha value is -2.07. The number of halogens is 1. The fourth-order valence-electron chi connectivity index (χ4n) is 1.34. The lowest BCUT2D eigenvalue weighted by Crippen LogP contribution is -2.17. The molecule has 0 atom stereocenters. The fourth-order valence-corrected chi connectivity index (χ4v) is 1.47. The van der Waals surface area contributed by atoms with Gasteiger partial charge in [-0.2, -0.15) is 5.10 Å². The number of rotatable bonds is 3. The quantitative estimate of drug-likeness (QED) is 0.683. The number of hydrazone groups is 1. The average molecular weight is 263 g/mol. The van der Waals surface area contributed by atoms with Crippen LogP contribution in [0.15, 0.2) is 45.9 Å². The van der Waals surface area contributed by atoms with E-state index in [0.717, 1.165) is 5.76 Å². The first kappa shape index (κ1) is 12.4. The number of aryl methyl sites for hydroxylation is 1. The van der Waals surface area contributed by atoms with Crippen LogP contribution in [0.2, 0.25) is 5.02 Å². The van der Waals surface area contributed by atoms with Crippen molar-refractivity contribution in [2.45, 2.75) is 6.92 Å². The predicted octanol–water partition coefficient (Wildman–Crippen LogP) is 3.01. The summed E-state index contributed by atoms with van der Waals surface area (Å²) in [7, 11) is 0. The van der Waals surface area contributed by atoms with Crippen molar-refractivity contribution < 1.29 is 9.21 Å². The number of hydrogen-bond acceptors (Lipinski definition) is 3. The van der Waals surface area contributed by atoms with Gasteiger partial charge in [-0.05, 0) is 43.3 Å². The first-order chi connectivity index (χ1) is 8.65. The van der Waals surface area contributed by atoms with Crippen molar-refractivity contribution in [1.82, 2.24) is 5.43 Å². The minimum atomic E-state index is -0.300. The van der Waals surface area contributed by atoms with Gasteiger partial charge in [-0.15, -0.1) is 0 Å². The molecule has 1 aromatic carbocycles. The summed E-state index contributed by atoms with van der Waals surface area (Å²) in [5.41, 5.74) is 2.90. The molecule has 0 saturated carbocycles. The second-order valence-corrected chi connectivity index (χ2v) is 4.09. The summed E-state index contributed by atoms with van der Waals surface area (Å²) in [5.74, 6) is 1.08. The van der Waals surface area contributed by atoms with Crippen molar-refractivity contribution in [2.75, 3.05) is 0 Å². The highest BCUT2D eigenvalue weighted by atomic mass is 35.5. The van der Waals surface area contributed by atoms with Crippen LogP contribution in [0.3, 0.4) is 0 Å². The topological polar surface area (TPSA) is 54.6 Å². The summed E-state index contributed by atoms with van der Waals surface area (Å²) in [4.78, 5) is 11.7. The first-order valence-corrected chi connectivity index (χ1v) is 5.68. The van der Waals surface area contributed by atoms with Gasteiger partial charge in [0.2, 0.25) is 0 Å². The third-order valence-electron chi connectivity index (χ3n) is 2.23. The monoisotopic (exact) mass is 262 g/mol. The van der Waals surface area contributed by atoms with E-state index in [1.54, 1.807) is 30.3 Å². The number of nitrogens with one attached hydrogen (secondary N) is 1. The minimum absolute atomic E-state index is 0.300. The van der Waals surface area contributed by atoms with Crippen molar-refractivity contribution in [2.24, 2.45) is 5.10 Å². The van der Waals surface area contributed by atoms with Gasteiger partial charge >= 0.3 is 0 Å². The van der Waals surface area contributed by atoms with Crippen LogP contribution >= 0.6 is 11.6 Å². The molecule has 18 heavy (non-hydrogen) atoms. The summed E-state index contributed by atoms with van der Waals surface area (Å²) in [6.45, 7) is 1.84. The lowest BCUT2D eigenvalue weighted by Gasteiger charge is -1.98. The highest BCUT2D eigenvalue weighted by Crippen LogP contribution is 2.09. The maximum Gasteiger partial charge on any atom is 0.271 e. The largest absolute Gasteiger partial charge is 0.460 e. The Bertz CT molecular complexity index is 573. The van der Waals surface area contributed by atoms with Crippen LogP contribution in [0.4, 0.5) is 0 Å². The van der Waals surface area contributed by atoms with Crippen LogP contribution < -0.4 is 5.43 Å². The SMILES string of the molecule is Cc1ccc(/C=N/NC(=O)c2ccc(Cl)cc2)o1. The highest BCUT2D eigenvalue weighted by Gasteiger charge is 2.03. The summed E-state index contributed by atoms with van der Waals surface area (Å²) in [6.07, 6.45) is 1.45. The Morgan fingerprint density at radius 2 is 2.00 bits per heavy atom. The van der Waals surface area contributed by atoms with Crippen molar-refractivity contribution in [3.63, 3.8) is 0 Å². The van der Waals surface area contributed by atoms with Gasteiger partial charge in [-0.3, -0.25) is 4.79 Å². The molecule has 4 nitrogen and oxygen atoms in total. The van der Waals surface area contributed by atoms with Crippen LogP contribution in [-0.2, 0) is 0 Å². The average Bonchev–Trinajstić information content (AvgIpc) is 2.76. The molecule has 1 amide bonds. The minimum Gasteiger partial charge on any atom is -0.460 e. The smallest absolute Gasteiger partial charge is 0.271 e. The molecule has 2 aromatic rings. The molecule has 0 aliphatic heterocycles. The Kier molecular flexibility index (Phi) is 3.79. The molecule has 0 spiro atoms. The zero-order chi connectivity index (χ0) is 13.0. The molecule has 1 heterocycles. The van der Waals surface area contributed by atoms with E-state index in [1.165, 1.54) is 6.21 Å². The van der Waals surface area contributed by atoms with E-state index >= 15 is 0 Å². The molecule has 1 aromatic heterocycles. The fraction of sp³-hybridized carbons (Fsp3) is 0.0769. The number of carbonyl (C=O) groups is 1. The zero-order valence-electron chi connectivity index (χ0n) is 9.68. The first-order valence-electron chi connectivity index (χ1n) is 5.30. The van der Waals surface area contributed by atoms with Crippen LogP contribution in [0.25, 0.3) is 0 Å². The Morgan fingerprint density at radius 1 is 1.28 bits per heavy atom. The van der Waals surface area contributed by atoms with Gasteiger partial charge in [0.05, 0.1) is 6.21 Å². The normalized spacial score (nSPS) is 10.8. The Balaban J connectivity index is 1.96. The summed E-state index contributed by atoms with van der Waals surface area (Å²) < 4.78 is 5.27. The molecule has 2 rings (SSSR count). The lowest BCUT2D eigenvalue weighted by atomic mass is 10.2. The number of hydrogen-bond donors (Lipinski definition) is 1. The van der Waals surface area contributed by atoms with Crippen LogP contribution in [0.5, 0.6) is 0 Å². The Labute approximate surface area is 109 Å². The molecule has 0 aliphatic rings. The van der Waals surface area contributed by atoms with E-state index in [1.807, 2.05) is 13.0 Å². The third kappa shape index (κ3) is 3.21. The molecular formula is C13H11ClN2O2. The standard InChI is InChI=1S/C13H11ClN2O2/c1-9-2-7-12(18-9)8-15-16-13(17)10-3-5-11(14)6-4-10/h2-8H,1H3,(H,16,17)/b15-8+. The lowest BCUT2D eigenvalue weighted by molar-refractivity contribution is 0.0955. The second-order valence-electron chi connectivity index (χ2n) is 3.65. The van der Waals surface area contributed by atoms with Crippen molar-refractivity contribution in [3.05, 3.63) is 58.5 Å². The molecule has 0 saturated heterocycles. The van der Waals surface area contributed by atoms with Gasteiger partial charge in [0.25, 0.3) is 5.91 Å². The second kappa shape index (κ2) is 5.51. The maximum atomic E-state index is 11.7. The predicted molar refractivity (Wildman–Crippen MR) is 70.0 cm³/mol. The van der Waals surface area contributed by atoms with Crippen LogP contribution in [0, 0.1) is 6.92 Å². The summed E-state index contributed by atoms with van der Waals surface area (Å²) in [5, 5.41) is 4.39. The number of carbonyl (C=O) groups excluding carboxylic acids is 1. The zero-order valence-corrected chi connectivity index (χ0v) is 10.4. The van der Waals surface area contributed by atoms with E-state index < -0.39 is 0 Å². The number of amides is 1. The van der Waals surface area contributed by atoms with Crippen molar-refractivity contribution in [3.8, 4) is 0 Å². The Morgan fingerprint density at radius 3 is 2.61 bits per heavy atom. The summed E-state index contributed by atoms with van der Waals surface area (Å²) in [6, 6.07) is 10.1. The van der Waals surface area contributed by atoms with Gasteiger partial charge in [-0.1, -0.05) is 11.6 Å². The molecule has 1 N–H and O–H groups in total. The van der Waals surface area contributed by atoms with Gasteiger partial charge < -0.3 is 4.42 Å². The van der Waals surface area contributed by atoms with Crippen molar-refractivity contribution >= 4 is 23.7 Å². The maximum absolute atomic E-state index is 11.7. The molecular weight excluding hydrogens is 252 g/mol. The molecule has 0 radical (unpaired) electrons. The molecule has 0 unspecified atom stereocenters. The highest BCUT2D eigenvalue weighted by molar-refractivity contribution is 6.30. The van der Waals surface area contributed by atoms with E-state index in [2.05, 4.69) is 10.5 Å². The molecule has 92 valence electrons. The number of furan rings is 1. The molecule has 0 aliphatic carbocycles. The summed E-state index contributed by atoms with van der Waals surface area (Å²) >= 11 is 5.73.